The molecule has 1 aromatic rings. The molecular weight excluding hydrogens is 241 g/mol. The van der Waals surface area contributed by atoms with Crippen LogP contribution in [0.4, 0.5) is 4.39 Å². The van der Waals surface area contributed by atoms with Gasteiger partial charge >= 0.3 is 0 Å². The molecule has 2 fully saturated rings. The molecule has 1 N–H and O–H groups in total. The Morgan fingerprint density at radius 2 is 2.32 bits per heavy atom. The Labute approximate surface area is 113 Å². The van der Waals surface area contributed by atoms with Gasteiger partial charge in [0.2, 0.25) is 0 Å². The van der Waals surface area contributed by atoms with E-state index in [4.69, 9.17) is 5.26 Å². The highest BCUT2D eigenvalue weighted by Crippen LogP contribution is 2.26. The second-order valence-electron chi connectivity index (χ2n) is 5.58. The van der Waals surface area contributed by atoms with Gasteiger partial charge in [0.15, 0.2) is 0 Å². The third-order valence-corrected chi connectivity index (χ3v) is 4.24. The summed E-state index contributed by atoms with van der Waals surface area (Å²) in [5.41, 5.74) is 1.17. The number of nitriles is 1. The first-order chi connectivity index (χ1) is 9.26. The lowest BCUT2D eigenvalue weighted by Gasteiger charge is -2.24. The predicted octanol–water partition coefficient (Wildman–Crippen LogP) is 1.88. The van der Waals surface area contributed by atoms with Crippen molar-refractivity contribution in [3.8, 4) is 6.07 Å². The van der Waals surface area contributed by atoms with Crippen LogP contribution in [0.1, 0.15) is 24.0 Å². The maximum absolute atomic E-state index is 13.8. The van der Waals surface area contributed by atoms with Crippen molar-refractivity contribution >= 4 is 0 Å². The molecule has 2 saturated heterocycles. The van der Waals surface area contributed by atoms with Crippen LogP contribution in [0.15, 0.2) is 18.2 Å². The van der Waals surface area contributed by atoms with Gasteiger partial charge < -0.3 is 5.32 Å². The Hall–Kier alpha value is -1.44. The molecule has 3 rings (SSSR count). The van der Waals surface area contributed by atoms with Gasteiger partial charge in [0.25, 0.3) is 0 Å². The molecule has 0 aliphatic carbocycles. The average Bonchev–Trinajstić information content (AvgIpc) is 2.83. The Balaban J connectivity index is 1.70. The van der Waals surface area contributed by atoms with Crippen molar-refractivity contribution < 1.29 is 4.39 Å². The van der Waals surface area contributed by atoms with E-state index in [0.29, 0.717) is 29.6 Å². The highest BCUT2D eigenvalue weighted by Gasteiger charge is 2.34. The second kappa shape index (κ2) is 5.28. The van der Waals surface area contributed by atoms with E-state index in [1.54, 1.807) is 6.07 Å². The molecule has 2 unspecified atom stereocenters. The molecule has 0 amide bonds. The minimum absolute atomic E-state index is 0.207. The molecule has 100 valence electrons. The summed E-state index contributed by atoms with van der Waals surface area (Å²) in [7, 11) is 0. The number of rotatable bonds is 2. The summed E-state index contributed by atoms with van der Waals surface area (Å²) in [6.45, 7) is 3.73. The minimum atomic E-state index is -0.207. The molecule has 2 aliphatic heterocycles. The van der Waals surface area contributed by atoms with Crippen LogP contribution in [0.3, 0.4) is 0 Å². The van der Waals surface area contributed by atoms with Crippen molar-refractivity contribution in [1.29, 1.82) is 5.26 Å². The molecule has 1 aromatic carbocycles. The molecule has 0 bridgehead atoms. The quantitative estimate of drug-likeness (QED) is 0.881. The second-order valence-corrected chi connectivity index (χ2v) is 5.58. The summed E-state index contributed by atoms with van der Waals surface area (Å²) in [5.74, 6) is 0.498. The molecule has 0 radical (unpaired) electrons. The molecule has 2 atom stereocenters. The monoisotopic (exact) mass is 259 g/mol. The average molecular weight is 259 g/mol. The summed E-state index contributed by atoms with van der Waals surface area (Å²) < 4.78 is 13.8. The number of likely N-dealkylation sites (tertiary alicyclic amines) is 1. The van der Waals surface area contributed by atoms with Gasteiger partial charge in [0, 0.05) is 31.2 Å². The number of benzene rings is 1. The van der Waals surface area contributed by atoms with Gasteiger partial charge in [-0.1, -0.05) is 0 Å². The lowest BCUT2D eigenvalue weighted by molar-refractivity contribution is 0.308. The van der Waals surface area contributed by atoms with Crippen molar-refractivity contribution in [2.45, 2.75) is 25.4 Å². The third kappa shape index (κ3) is 2.63. The van der Waals surface area contributed by atoms with Crippen molar-refractivity contribution in [2.75, 3.05) is 19.6 Å². The number of fused-ring (bicyclic) bond motifs is 1. The first-order valence-electron chi connectivity index (χ1n) is 6.90. The highest BCUT2D eigenvalue weighted by molar-refractivity contribution is 5.33. The summed E-state index contributed by atoms with van der Waals surface area (Å²) in [6.07, 6.45) is 2.52. The summed E-state index contributed by atoms with van der Waals surface area (Å²) in [5, 5.41) is 12.4. The Morgan fingerprint density at radius 3 is 3.11 bits per heavy atom. The fraction of sp³-hybridized carbons (Fsp3) is 0.533. The molecule has 0 saturated carbocycles. The van der Waals surface area contributed by atoms with E-state index in [9.17, 15) is 4.39 Å². The highest BCUT2D eigenvalue weighted by atomic mass is 19.1. The van der Waals surface area contributed by atoms with Crippen LogP contribution in [-0.2, 0) is 6.54 Å². The van der Waals surface area contributed by atoms with E-state index in [1.807, 2.05) is 0 Å². The van der Waals surface area contributed by atoms with Crippen LogP contribution >= 0.6 is 0 Å². The summed E-state index contributed by atoms with van der Waals surface area (Å²) >= 11 is 0. The topological polar surface area (TPSA) is 39.1 Å². The van der Waals surface area contributed by atoms with Crippen LogP contribution in [-0.4, -0.2) is 30.6 Å². The Kier molecular flexibility index (Phi) is 3.50. The van der Waals surface area contributed by atoms with E-state index < -0.39 is 0 Å². The first-order valence-corrected chi connectivity index (χ1v) is 6.90. The maximum Gasteiger partial charge on any atom is 0.127 e. The normalized spacial score (nSPS) is 26.9. The van der Waals surface area contributed by atoms with E-state index in [1.165, 1.54) is 25.0 Å². The van der Waals surface area contributed by atoms with Gasteiger partial charge in [-0.2, -0.15) is 5.26 Å². The van der Waals surface area contributed by atoms with E-state index >= 15 is 0 Å². The molecule has 3 nitrogen and oxygen atoms in total. The van der Waals surface area contributed by atoms with Crippen molar-refractivity contribution in [1.82, 2.24) is 10.2 Å². The number of piperidine rings is 1. The van der Waals surface area contributed by atoms with Gasteiger partial charge in [0.05, 0.1) is 11.6 Å². The third-order valence-electron chi connectivity index (χ3n) is 4.24. The summed E-state index contributed by atoms with van der Waals surface area (Å²) in [6, 6.07) is 7.24. The van der Waals surface area contributed by atoms with Crippen LogP contribution in [0.5, 0.6) is 0 Å². The zero-order valence-corrected chi connectivity index (χ0v) is 10.9. The molecule has 2 aliphatic rings. The number of hydrogen-bond donors (Lipinski definition) is 1. The molecule has 19 heavy (non-hydrogen) atoms. The molecule has 2 heterocycles. The van der Waals surface area contributed by atoms with E-state index in [2.05, 4.69) is 16.3 Å². The zero-order chi connectivity index (χ0) is 13.2. The van der Waals surface area contributed by atoms with Gasteiger partial charge in [-0.15, -0.1) is 0 Å². The fourth-order valence-electron chi connectivity index (χ4n) is 3.27. The predicted molar refractivity (Wildman–Crippen MR) is 70.9 cm³/mol. The standard InChI is InChI=1S/C15H18FN3/c16-14-4-3-11(7-17)6-13(14)9-19-8-12-2-1-5-18-15(12)10-19/h3-4,6,12,15,18H,1-2,5,8-10H2. The largest absolute Gasteiger partial charge is 0.312 e. The van der Waals surface area contributed by atoms with Crippen LogP contribution in [0.25, 0.3) is 0 Å². The Morgan fingerprint density at radius 1 is 1.42 bits per heavy atom. The molecular formula is C15H18FN3. The van der Waals surface area contributed by atoms with Crippen LogP contribution < -0.4 is 5.32 Å². The van der Waals surface area contributed by atoms with Crippen molar-refractivity contribution in [2.24, 2.45) is 5.92 Å². The fourth-order valence-corrected chi connectivity index (χ4v) is 3.27. The van der Waals surface area contributed by atoms with E-state index in [-0.39, 0.29) is 5.82 Å². The first kappa shape index (κ1) is 12.6. The number of halogens is 1. The van der Waals surface area contributed by atoms with Crippen LogP contribution in [0, 0.1) is 23.1 Å². The smallest absolute Gasteiger partial charge is 0.127 e. The number of hydrogen-bond acceptors (Lipinski definition) is 3. The van der Waals surface area contributed by atoms with Gasteiger partial charge in [-0.05, 0) is 43.5 Å². The van der Waals surface area contributed by atoms with Crippen molar-refractivity contribution in [3.63, 3.8) is 0 Å². The zero-order valence-electron chi connectivity index (χ0n) is 10.9. The lowest BCUT2D eigenvalue weighted by Crippen LogP contribution is -2.40. The van der Waals surface area contributed by atoms with Gasteiger partial charge in [0.1, 0.15) is 5.82 Å². The SMILES string of the molecule is N#Cc1ccc(F)c(CN2CC3CCCNC3C2)c1. The molecule has 0 aromatic heterocycles. The Bertz CT molecular complexity index is 495. The van der Waals surface area contributed by atoms with Crippen LogP contribution in [0.2, 0.25) is 0 Å². The van der Waals surface area contributed by atoms with E-state index in [0.717, 1.165) is 19.6 Å². The van der Waals surface area contributed by atoms with Gasteiger partial charge in [-0.3, -0.25) is 4.90 Å². The van der Waals surface area contributed by atoms with Gasteiger partial charge in [-0.25, -0.2) is 4.39 Å². The molecule has 0 spiro atoms. The minimum Gasteiger partial charge on any atom is -0.312 e. The summed E-state index contributed by atoms with van der Waals surface area (Å²) in [4.78, 5) is 2.30. The number of nitrogens with one attached hydrogen (secondary N) is 1. The lowest BCUT2D eigenvalue weighted by atomic mass is 9.94. The maximum atomic E-state index is 13.8. The number of nitrogens with zero attached hydrogens (tertiary/aromatic N) is 2. The molecule has 4 heteroatoms. The van der Waals surface area contributed by atoms with Crippen molar-refractivity contribution in [3.05, 3.63) is 35.1 Å².